The van der Waals surface area contributed by atoms with E-state index in [9.17, 15) is 18.9 Å². The Kier molecular flexibility index (Phi) is 5.26. The van der Waals surface area contributed by atoms with E-state index in [1.165, 1.54) is 18.2 Å². The first-order valence-corrected chi connectivity index (χ1v) is 8.58. The second-order valence-electron chi connectivity index (χ2n) is 4.50. The van der Waals surface area contributed by atoms with Gasteiger partial charge in [-0.05, 0) is 26.0 Å². The molecule has 0 aliphatic carbocycles. The third kappa shape index (κ3) is 3.32. The van der Waals surface area contributed by atoms with Crippen LogP contribution in [0.5, 0.6) is 0 Å². The van der Waals surface area contributed by atoms with E-state index in [-0.39, 0.29) is 24.5 Å². The van der Waals surface area contributed by atoms with Crippen LogP contribution in [0.3, 0.4) is 0 Å². The highest BCUT2D eigenvalue weighted by atomic mass is 31.2. The molecule has 1 aromatic carbocycles. The first kappa shape index (κ1) is 17.3. The Morgan fingerprint density at radius 2 is 1.57 bits per heavy atom. The molecular weight excluding hydrogens is 321 g/mol. The number of nitrogens with zero attached hydrogens (tertiary/aromatic N) is 1. The molecule has 0 unspecified atom stereocenters. The number of hydrogen-bond acceptors (Lipinski definition) is 6. The predicted molar refractivity (Wildman–Crippen MR) is 83.3 cm³/mol. The zero-order valence-electron chi connectivity index (χ0n) is 12.7. The maximum absolute atomic E-state index is 12.7. The molecule has 23 heavy (non-hydrogen) atoms. The predicted octanol–water partition coefficient (Wildman–Crippen LogP) is 2.52. The highest BCUT2D eigenvalue weighted by Crippen LogP contribution is 2.52. The first-order valence-electron chi connectivity index (χ1n) is 7.03. The van der Waals surface area contributed by atoms with Gasteiger partial charge in [-0.15, -0.1) is 0 Å². The normalized spacial score (nSPS) is 14.6. The second-order valence-corrected chi connectivity index (χ2v) is 6.42. The fourth-order valence-corrected chi connectivity index (χ4v) is 3.60. The third-order valence-corrected chi connectivity index (χ3v) is 4.97. The van der Waals surface area contributed by atoms with Gasteiger partial charge in [0.05, 0.1) is 24.5 Å². The summed E-state index contributed by atoms with van der Waals surface area (Å²) in [4.78, 5) is 37.2. The molecule has 1 aliphatic rings. The Bertz CT molecular complexity index is 698. The molecule has 0 fully saturated rings. The Labute approximate surface area is 133 Å². The molecule has 0 aromatic heterocycles. The quantitative estimate of drug-likeness (QED) is 0.561. The van der Waals surface area contributed by atoms with Crippen LogP contribution in [0.4, 0.5) is 5.69 Å². The summed E-state index contributed by atoms with van der Waals surface area (Å²) in [7, 11) is -4.05. The Hall–Kier alpha value is -2.08. The minimum absolute atomic E-state index is 0.0221. The van der Waals surface area contributed by atoms with E-state index in [4.69, 9.17) is 9.05 Å². The highest BCUT2D eigenvalue weighted by molar-refractivity contribution is 7.72. The summed E-state index contributed by atoms with van der Waals surface area (Å²) in [5.41, 5.74) is -0.899. The summed E-state index contributed by atoms with van der Waals surface area (Å²) in [6.07, 6.45) is 2.21. The number of benzene rings is 1. The fraction of sp³-hybridized carbons (Fsp3) is 0.267. The van der Waals surface area contributed by atoms with Gasteiger partial charge < -0.3 is 9.05 Å². The molecule has 0 atom stereocenters. The molecule has 0 saturated heterocycles. The summed E-state index contributed by atoms with van der Waals surface area (Å²) in [6.45, 7) is 3.22. The van der Waals surface area contributed by atoms with Crippen molar-refractivity contribution in [1.29, 1.82) is 0 Å². The summed E-state index contributed by atoms with van der Waals surface area (Å²) < 4.78 is 22.7. The van der Waals surface area contributed by atoms with E-state index in [1.54, 1.807) is 19.9 Å². The zero-order valence-corrected chi connectivity index (χ0v) is 13.6. The van der Waals surface area contributed by atoms with Gasteiger partial charge in [-0.3, -0.25) is 18.9 Å². The molecule has 1 aromatic rings. The zero-order chi connectivity index (χ0) is 17.0. The average molecular weight is 337 g/mol. The van der Waals surface area contributed by atoms with Crippen molar-refractivity contribution in [1.82, 2.24) is 0 Å². The van der Waals surface area contributed by atoms with Crippen molar-refractivity contribution < 1.29 is 28.0 Å². The van der Waals surface area contributed by atoms with Crippen LogP contribution in [-0.2, 0) is 23.2 Å². The Balaban J connectivity index is 2.48. The second kappa shape index (κ2) is 7.00. The van der Waals surface area contributed by atoms with Gasteiger partial charge in [0.2, 0.25) is 0 Å². The maximum Gasteiger partial charge on any atom is 0.401 e. The Morgan fingerprint density at radius 3 is 2.09 bits per heavy atom. The topological polar surface area (TPSA) is 90.0 Å². The van der Waals surface area contributed by atoms with Gasteiger partial charge in [0.25, 0.3) is 17.3 Å². The van der Waals surface area contributed by atoms with Crippen molar-refractivity contribution in [2.75, 3.05) is 18.1 Å². The standard InChI is InChI=1S/C15H16NO6P/c1-3-21-23(20,22-4-2)15(19)11-7-5-6-8-12(11)16-13(17)9-10-14(16)18/h5-10H,3-4H2,1-2H3. The summed E-state index contributed by atoms with van der Waals surface area (Å²) in [5.74, 6) is -1.14. The number of carbonyl (C=O) groups excluding carboxylic acids is 3. The largest absolute Gasteiger partial charge is 0.401 e. The van der Waals surface area contributed by atoms with Crippen molar-refractivity contribution in [3.8, 4) is 0 Å². The van der Waals surface area contributed by atoms with Crippen LogP contribution in [-0.4, -0.2) is 30.6 Å². The lowest BCUT2D eigenvalue weighted by Gasteiger charge is -2.20. The SMILES string of the molecule is CCOP(=O)(OCC)C(=O)c1ccccc1N1C(=O)C=CC1=O. The molecule has 2 rings (SSSR count). The van der Waals surface area contributed by atoms with Gasteiger partial charge in [0.15, 0.2) is 0 Å². The minimum atomic E-state index is -4.05. The van der Waals surface area contributed by atoms with Crippen molar-refractivity contribution in [2.24, 2.45) is 0 Å². The number of carbonyl (C=O) groups is 3. The molecule has 2 amide bonds. The lowest BCUT2D eigenvalue weighted by molar-refractivity contribution is -0.119. The molecule has 0 radical (unpaired) electrons. The van der Waals surface area contributed by atoms with Gasteiger partial charge >= 0.3 is 7.60 Å². The number of imide groups is 1. The average Bonchev–Trinajstić information content (AvgIpc) is 2.86. The fourth-order valence-electron chi connectivity index (χ4n) is 2.13. The van der Waals surface area contributed by atoms with Crippen LogP contribution in [0.2, 0.25) is 0 Å². The van der Waals surface area contributed by atoms with Gasteiger partial charge in [-0.2, -0.15) is 0 Å². The number of para-hydroxylation sites is 1. The van der Waals surface area contributed by atoms with E-state index >= 15 is 0 Å². The van der Waals surface area contributed by atoms with Gasteiger partial charge in [0.1, 0.15) is 0 Å². The summed E-state index contributed by atoms with van der Waals surface area (Å²) in [6, 6.07) is 5.91. The Morgan fingerprint density at radius 1 is 1.04 bits per heavy atom. The van der Waals surface area contributed by atoms with Crippen LogP contribution in [0, 0.1) is 0 Å². The van der Waals surface area contributed by atoms with Gasteiger partial charge in [-0.25, -0.2) is 4.90 Å². The van der Waals surface area contributed by atoms with E-state index in [0.717, 1.165) is 17.1 Å². The number of rotatable bonds is 7. The lowest BCUT2D eigenvalue weighted by atomic mass is 10.2. The van der Waals surface area contributed by atoms with Crippen molar-refractivity contribution in [2.45, 2.75) is 13.8 Å². The van der Waals surface area contributed by atoms with E-state index in [1.807, 2.05) is 0 Å². The molecule has 7 nitrogen and oxygen atoms in total. The van der Waals surface area contributed by atoms with Crippen molar-refractivity contribution >= 4 is 30.6 Å². The van der Waals surface area contributed by atoms with Crippen LogP contribution >= 0.6 is 7.60 Å². The minimum Gasteiger partial charge on any atom is -0.303 e. The third-order valence-electron chi connectivity index (χ3n) is 3.03. The summed E-state index contributed by atoms with van der Waals surface area (Å²) in [5, 5.41) is 0. The molecule has 1 aliphatic heterocycles. The van der Waals surface area contributed by atoms with Crippen LogP contribution in [0.15, 0.2) is 36.4 Å². The molecule has 0 saturated carbocycles. The monoisotopic (exact) mass is 337 g/mol. The van der Waals surface area contributed by atoms with Gasteiger partial charge in [-0.1, -0.05) is 12.1 Å². The molecule has 122 valence electrons. The molecular formula is C15H16NO6P. The smallest absolute Gasteiger partial charge is 0.303 e. The van der Waals surface area contributed by atoms with Crippen LogP contribution in [0.25, 0.3) is 0 Å². The molecule has 0 spiro atoms. The van der Waals surface area contributed by atoms with E-state index in [0.29, 0.717) is 0 Å². The summed E-state index contributed by atoms with van der Waals surface area (Å²) >= 11 is 0. The van der Waals surface area contributed by atoms with Crippen molar-refractivity contribution in [3.63, 3.8) is 0 Å². The van der Waals surface area contributed by atoms with Crippen LogP contribution in [0.1, 0.15) is 24.2 Å². The number of anilines is 1. The molecule has 0 bridgehead atoms. The lowest BCUT2D eigenvalue weighted by Crippen LogP contribution is -2.31. The molecule has 8 heteroatoms. The van der Waals surface area contributed by atoms with E-state index in [2.05, 4.69) is 0 Å². The molecule has 0 N–H and O–H groups in total. The molecule has 1 heterocycles. The highest BCUT2D eigenvalue weighted by Gasteiger charge is 2.38. The number of hydrogen-bond donors (Lipinski definition) is 0. The van der Waals surface area contributed by atoms with Gasteiger partial charge in [0, 0.05) is 12.2 Å². The van der Waals surface area contributed by atoms with Crippen molar-refractivity contribution in [3.05, 3.63) is 42.0 Å². The number of amides is 2. The van der Waals surface area contributed by atoms with Crippen LogP contribution < -0.4 is 4.90 Å². The maximum atomic E-state index is 12.7. The van der Waals surface area contributed by atoms with E-state index < -0.39 is 24.9 Å². The first-order chi connectivity index (χ1) is 10.9.